The molecular formula is C18H30N6O. The van der Waals surface area contributed by atoms with Crippen LogP contribution in [0.5, 0.6) is 6.01 Å². The summed E-state index contributed by atoms with van der Waals surface area (Å²) >= 11 is 0. The van der Waals surface area contributed by atoms with E-state index in [-0.39, 0.29) is 0 Å². The van der Waals surface area contributed by atoms with Crippen molar-refractivity contribution in [2.75, 3.05) is 64.9 Å². The zero-order chi connectivity index (χ0) is 17.2. The molecule has 1 N–H and O–H groups in total. The van der Waals surface area contributed by atoms with Gasteiger partial charge in [-0.1, -0.05) is 0 Å². The Bertz CT molecular complexity index is 601. The minimum Gasteiger partial charge on any atom is -0.462 e. The summed E-state index contributed by atoms with van der Waals surface area (Å²) in [5.41, 5.74) is 2.43. The SMILES string of the molecule is CN1CCN(c2nc(OC[C@@H]3CCCN3C)nc3c2CCNC3)CC1. The van der Waals surface area contributed by atoms with Crippen molar-refractivity contribution in [3.05, 3.63) is 11.3 Å². The molecule has 0 aliphatic carbocycles. The molecule has 3 aliphatic rings. The number of aromatic nitrogens is 2. The summed E-state index contributed by atoms with van der Waals surface area (Å²) in [6, 6.07) is 1.04. The minimum atomic E-state index is 0.491. The predicted molar refractivity (Wildman–Crippen MR) is 98.3 cm³/mol. The zero-order valence-electron chi connectivity index (χ0n) is 15.5. The van der Waals surface area contributed by atoms with Gasteiger partial charge in [-0.3, -0.25) is 0 Å². The smallest absolute Gasteiger partial charge is 0.318 e. The van der Waals surface area contributed by atoms with Gasteiger partial charge in [0, 0.05) is 44.3 Å². The standard InChI is InChI=1S/C18H30N6O/c1-22-8-10-24(11-9-22)17-15-5-6-19-12-16(15)20-18(21-17)25-13-14-4-3-7-23(14)2/h14,19H,3-13H2,1-2H3/t14-/m0/s1. The molecule has 1 aromatic heterocycles. The van der Waals surface area contributed by atoms with Gasteiger partial charge in [0.05, 0.1) is 5.69 Å². The van der Waals surface area contributed by atoms with E-state index < -0.39 is 0 Å². The molecule has 2 saturated heterocycles. The summed E-state index contributed by atoms with van der Waals surface area (Å²) in [5.74, 6) is 1.11. The molecular weight excluding hydrogens is 316 g/mol. The normalized spacial score (nSPS) is 25.2. The van der Waals surface area contributed by atoms with Crippen LogP contribution in [0.1, 0.15) is 24.1 Å². The maximum atomic E-state index is 6.05. The van der Waals surface area contributed by atoms with Gasteiger partial charge >= 0.3 is 6.01 Å². The average molecular weight is 346 g/mol. The fourth-order valence-corrected chi connectivity index (χ4v) is 4.02. The molecule has 7 heteroatoms. The van der Waals surface area contributed by atoms with E-state index >= 15 is 0 Å². The molecule has 0 amide bonds. The lowest BCUT2D eigenvalue weighted by Gasteiger charge is -2.35. The number of ether oxygens (including phenoxy) is 1. The third-order valence-corrected chi connectivity index (χ3v) is 5.77. The van der Waals surface area contributed by atoms with E-state index in [9.17, 15) is 0 Å². The van der Waals surface area contributed by atoms with Crippen molar-refractivity contribution in [3.63, 3.8) is 0 Å². The summed E-state index contributed by atoms with van der Waals surface area (Å²) in [6.07, 6.45) is 3.46. The van der Waals surface area contributed by atoms with Crippen LogP contribution in [0.25, 0.3) is 0 Å². The van der Waals surface area contributed by atoms with Gasteiger partial charge < -0.3 is 24.8 Å². The Morgan fingerprint density at radius 3 is 2.72 bits per heavy atom. The van der Waals surface area contributed by atoms with Gasteiger partial charge in [0.15, 0.2) is 0 Å². The molecule has 0 radical (unpaired) electrons. The number of likely N-dealkylation sites (N-methyl/N-ethyl adjacent to an activating group) is 2. The molecule has 7 nitrogen and oxygen atoms in total. The van der Waals surface area contributed by atoms with E-state index in [0.29, 0.717) is 18.7 Å². The van der Waals surface area contributed by atoms with Gasteiger partial charge in [-0.25, -0.2) is 0 Å². The zero-order valence-corrected chi connectivity index (χ0v) is 15.5. The number of nitrogens with zero attached hydrogens (tertiary/aromatic N) is 5. The first-order valence-electron chi connectivity index (χ1n) is 9.58. The summed E-state index contributed by atoms with van der Waals surface area (Å²) in [4.78, 5) is 16.7. The maximum absolute atomic E-state index is 6.05. The summed E-state index contributed by atoms with van der Waals surface area (Å²) < 4.78 is 6.05. The molecule has 1 aromatic rings. The van der Waals surface area contributed by atoms with Crippen LogP contribution in [0, 0.1) is 0 Å². The first-order chi connectivity index (χ1) is 12.2. The van der Waals surface area contributed by atoms with Crippen molar-refractivity contribution in [2.45, 2.75) is 31.8 Å². The average Bonchev–Trinajstić information content (AvgIpc) is 3.05. The monoisotopic (exact) mass is 346 g/mol. The Hall–Kier alpha value is -1.44. The lowest BCUT2D eigenvalue weighted by Crippen LogP contribution is -2.45. The van der Waals surface area contributed by atoms with E-state index in [1.54, 1.807) is 0 Å². The molecule has 0 unspecified atom stereocenters. The molecule has 0 bridgehead atoms. The van der Waals surface area contributed by atoms with Crippen LogP contribution in [0.2, 0.25) is 0 Å². The Kier molecular flexibility index (Phi) is 5.05. The molecule has 0 spiro atoms. The summed E-state index contributed by atoms with van der Waals surface area (Å²) in [6.45, 7) is 7.89. The van der Waals surface area contributed by atoms with Crippen molar-refractivity contribution < 1.29 is 4.74 Å². The summed E-state index contributed by atoms with van der Waals surface area (Å²) in [5, 5.41) is 3.43. The van der Waals surface area contributed by atoms with Crippen LogP contribution in [0.3, 0.4) is 0 Å². The fourth-order valence-electron chi connectivity index (χ4n) is 4.02. The molecule has 25 heavy (non-hydrogen) atoms. The first-order valence-corrected chi connectivity index (χ1v) is 9.58. The van der Waals surface area contributed by atoms with Crippen molar-refractivity contribution in [1.82, 2.24) is 25.1 Å². The Labute approximate surface area is 150 Å². The second-order valence-electron chi connectivity index (χ2n) is 7.56. The largest absolute Gasteiger partial charge is 0.462 e. The van der Waals surface area contributed by atoms with Crippen LogP contribution >= 0.6 is 0 Å². The number of likely N-dealkylation sites (tertiary alicyclic amines) is 1. The first kappa shape index (κ1) is 17.0. The van der Waals surface area contributed by atoms with Crippen molar-refractivity contribution in [1.29, 1.82) is 0 Å². The Morgan fingerprint density at radius 1 is 1.12 bits per heavy atom. The number of hydrogen-bond donors (Lipinski definition) is 1. The van der Waals surface area contributed by atoms with Crippen LogP contribution in [0.15, 0.2) is 0 Å². The van der Waals surface area contributed by atoms with Gasteiger partial charge in [-0.2, -0.15) is 9.97 Å². The molecule has 1 atom stereocenters. The Morgan fingerprint density at radius 2 is 1.96 bits per heavy atom. The number of rotatable bonds is 4. The third kappa shape index (κ3) is 3.73. The molecule has 0 saturated carbocycles. The molecule has 3 aliphatic heterocycles. The van der Waals surface area contributed by atoms with Gasteiger partial charge in [-0.05, 0) is 46.4 Å². The van der Waals surface area contributed by atoms with E-state index in [1.165, 1.54) is 18.4 Å². The summed E-state index contributed by atoms with van der Waals surface area (Å²) in [7, 11) is 4.36. The van der Waals surface area contributed by atoms with Gasteiger partial charge in [0.25, 0.3) is 0 Å². The van der Waals surface area contributed by atoms with Crippen LogP contribution in [-0.4, -0.2) is 85.8 Å². The van der Waals surface area contributed by atoms with Gasteiger partial charge in [0.2, 0.25) is 0 Å². The van der Waals surface area contributed by atoms with Crippen molar-refractivity contribution in [3.8, 4) is 6.01 Å². The number of hydrogen-bond acceptors (Lipinski definition) is 7. The number of piperazine rings is 1. The van der Waals surface area contributed by atoms with E-state index in [2.05, 4.69) is 34.1 Å². The van der Waals surface area contributed by atoms with E-state index in [0.717, 1.165) is 63.7 Å². The molecule has 4 heterocycles. The molecule has 2 fully saturated rings. The molecule has 138 valence electrons. The van der Waals surface area contributed by atoms with Gasteiger partial charge in [0.1, 0.15) is 12.4 Å². The van der Waals surface area contributed by atoms with Crippen LogP contribution < -0.4 is 15.0 Å². The number of nitrogens with one attached hydrogen (secondary N) is 1. The predicted octanol–water partition coefficient (Wildman–Crippen LogP) is 0.347. The molecule has 0 aromatic carbocycles. The number of fused-ring (bicyclic) bond motifs is 1. The van der Waals surface area contributed by atoms with E-state index in [1.807, 2.05) is 0 Å². The van der Waals surface area contributed by atoms with Crippen molar-refractivity contribution >= 4 is 5.82 Å². The lowest BCUT2D eigenvalue weighted by atomic mass is 10.1. The number of anilines is 1. The topological polar surface area (TPSA) is 56.8 Å². The highest BCUT2D eigenvalue weighted by Gasteiger charge is 2.26. The minimum absolute atomic E-state index is 0.491. The van der Waals surface area contributed by atoms with Gasteiger partial charge in [-0.15, -0.1) is 0 Å². The second kappa shape index (κ2) is 7.43. The third-order valence-electron chi connectivity index (χ3n) is 5.77. The van der Waals surface area contributed by atoms with Crippen LogP contribution in [-0.2, 0) is 13.0 Å². The molecule has 4 rings (SSSR count). The van der Waals surface area contributed by atoms with Crippen molar-refractivity contribution in [2.24, 2.45) is 0 Å². The fraction of sp³-hybridized carbons (Fsp3) is 0.778. The van der Waals surface area contributed by atoms with E-state index in [4.69, 9.17) is 14.7 Å². The maximum Gasteiger partial charge on any atom is 0.318 e. The lowest BCUT2D eigenvalue weighted by molar-refractivity contribution is 0.187. The quantitative estimate of drug-likeness (QED) is 0.844. The highest BCUT2D eigenvalue weighted by molar-refractivity contribution is 5.51. The highest BCUT2D eigenvalue weighted by atomic mass is 16.5. The van der Waals surface area contributed by atoms with Crippen LogP contribution in [0.4, 0.5) is 5.82 Å². The highest BCUT2D eigenvalue weighted by Crippen LogP contribution is 2.27. The Balaban J connectivity index is 1.54. The second-order valence-corrected chi connectivity index (χ2v) is 7.56.